The van der Waals surface area contributed by atoms with Crippen LogP contribution in [0.4, 0.5) is 5.69 Å². The van der Waals surface area contributed by atoms with Crippen molar-refractivity contribution in [2.75, 3.05) is 5.73 Å². The summed E-state index contributed by atoms with van der Waals surface area (Å²) in [6.07, 6.45) is 3.40. The van der Waals surface area contributed by atoms with E-state index in [-0.39, 0.29) is 0 Å². The first kappa shape index (κ1) is 16.9. The Labute approximate surface area is 158 Å². The molecule has 4 rings (SSSR count). The second kappa shape index (κ2) is 7.34. The zero-order valence-electron chi connectivity index (χ0n) is 15.0. The van der Waals surface area contributed by atoms with Crippen LogP contribution < -0.4 is 5.73 Å². The maximum Gasteiger partial charge on any atom is 0.110 e. The van der Waals surface area contributed by atoms with E-state index in [1.165, 1.54) is 29.7 Å². The van der Waals surface area contributed by atoms with Gasteiger partial charge in [-0.3, -0.25) is 0 Å². The van der Waals surface area contributed by atoms with Crippen LogP contribution in [-0.2, 0) is 13.0 Å². The Morgan fingerprint density at radius 3 is 2.62 bits per heavy atom. The number of nitrogen functional groups attached to an aromatic ring is 1. The van der Waals surface area contributed by atoms with E-state index in [2.05, 4.69) is 52.6 Å². The normalized spacial score (nSPS) is 11.3. The third-order valence-corrected chi connectivity index (χ3v) is 5.51. The molecule has 0 fully saturated rings. The van der Waals surface area contributed by atoms with E-state index in [1.54, 1.807) is 11.3 Å². The molecule has 132 valence electrons. The van der Waals surface area contributed by atoms with Crippen LogP contribution in [-0.4, -0.2) is 9.55 Å². The number of nitrogens with two attached hydrogens (primary N) is 1. The van der Waals surface area contributed by atoms with Crippen molar-refractivity contribution in [2.45, 2.75) is 32.7 Å². The molecule has 0 unspecified atom stereocenters. The largest absolute Gasteiger partial charge is 0.398 e. The molecule has 4 aromatic rings. The highest BCUT2D eigenvalue weighted by Gasteiger charge is 2.12. The molecular weight excluding hydrogens is 338 g/mol. The molecule has 2 heterocycles. The molecule has 2 aromatic carbocycles. The van der Waals surface area contributed by atoms with Crippen LogP contribution in [0.5, 0.6) is 0 Å². The Morgan fingerprint density at radius 1 is 1.04 bits per heavy atom. The molecule has 3 nitrogen and oxygen atoms in total. The Balaban J connectivity index is 1.62. The number of hydrogen-bond acceptors (Lipinski definition) is 3. The predicted octanol–water partition coefficient (Wildman–Crippen LogP) is 5.74. The summed E-state index contributed by atoms with van der Waals surface area (Å²) in [4.78, 5) is 4.84. The van der Waals surface area contributed by atoms with Crippen molar-refractivity contribution in [1.29, 1.82) is 0 Å². The molecule has 0 atom stereocenters. The number of benzene rings is 2. The Bertz CT molecular complexity index is 1010. The van der Waals surface area contributed by atoms with Crippen LogP contribution in [0.2, 0.25) is 0 Å². The fourth-order valence-electron chi connectivity index (χ4n) is 3.34. The zero-order valence-corrected chi connectivity index (χ0v) is 15.8. The zero-order chi connectivity index (χ0) is 17.9. The summed E-state index contributed by atoms with van der Waals surface area (Å²) in [6, 6.07) is 16.7. The average Bonchev–Trinajstić information content (AvgIpc) is 3.24. The molecule has 26 heavy (non-hydrogen) atoms. The first-order valence-electron chi connectivity index (χ1n) is 9.11. The van der Waals surface area contributed by atoms with Gasteiger partial charge in [-0.2, -0.15) is 0 Å². The fraction of sp³-hybridized carbons (Fsp3) is 0.227. The van der Waals surface area contributed by atoms with E-state index in [1.807, 2.05) is 18.2 Å². The van der Waals surface area contributed by atoms with Crippen LogP contribution >= 0.6 is 11.3 Å². The van der Waals surface area contributed by atoms with Gasteiger partial charge in [0.2, 0.25) is 0 Å². The number of thiophene rings is 1. The highest BCUT2D eigenvalue weighted by Crippen LogP contribution is 2.27. The van der Waals surface area contributed by atoms with Crippen LogP contribution in [0.1, 0.15) is 31.2 Å². The standard InChI is InChI=1S/C22H23N3S/c1-2-3-8-22-24-20-14-26-15-21(20)25(22)13-16-9-11-17(12-10-16)18-6-4-5-7-19(18)23/h4-7,9-12,14-15H,2-3,8,13,23H2,1H3. The number of para-hydroxylation sites is 1. The van der Waals surface area contributed by atoms with Crippen LogP contribution in [0.15, 0.2) is 59.3 Å². The molecule has 0 saturated heterocycles. The van der Waals surface area contributed by atoms with Gasteiger partial charge in [0.05, 0.1) is 11.0 Å². The van der Waals surface area contributed by atoms with E-state index >= 15 is 0 Å². The summed E-state index contributed by atoms with van der Waals surface area (Å²) in [5, 5.41) is 4.35. The van der Waals surface area contributed by atoms with E-state index in [0.717, 1.165) is 35.3 Å². The van der Waals surface area contributed by atoms with Gasteiger partial charge in [0.15, 0.2) is 0 Å². The van der Waals surface area contributed by atoms with E-state index in [9.17, 15) is 0 Å². The summed E-state index contributed by atoms with van der Waals surface area (Å²) in [7, 11) is 0. The van der Waals surface area contributed by atoms with Crippen molar-refractivity contribution in [3.63, 3.8) is 0 Å². The van der Waals surface area contributed by atoms with Gasteiger partial charge in [-0.15, -0.1) is 11.3 Å². The Kier molecular flexibility index (Phi) is 4.76. The van der Waals surface area contributed by atoms with Gasteiger partial charge in [-0.05, 0) is 23.6 Å². The molecular formula is C22H23N3S. The maximum absolute atomic E-state index is 6.11. The summed E-state index contributed by atoms with van der Waals surface area (Å²) in [5.41, 5.74) is 12.8. The number of rotatable bonds is 6. The molecule has 0 aliphatic carbocycles. The first-order chi connectivity index (χ1) is 12.8. The second-order valence-electron chi connectivity index (χ2n) is 6.64. The van der Waals surface area contributed by atoms with E-state index < -0.39 is 0 Å². The van der Waals surface area contributed by atoms with Gasteiger partial charge < -0.3 is 10.3 Å². The highest BCUT2D eigenvalue weighted by molar-refractivity contribution is 7.09. The number of imidazole rings is 1. The lowest BCUT2D eigenvalue weighted by Gasteiger charge is -2.10. The predicted molar refractivity (Wildman–Crippen MR) is 112 cm³/mol. The maximum atomic E-state index is 6.11. The molecule has 0 aliphatic rings. The minimum Gasteiger partial charge on any atom is -0.398 e. The van der Waals surface area contributed by atoms with Gasteiger partial charge in [-0.1, -0.05) is 55.8 Å². The topological polar surface area (TPSA) is 43.8 Å². The number of aromatic nitrogens is 2. The lowest BCUT2D eigenvalue weighted by atomic mass is 10.0. The Morgan fingerprint density at radius 2 is 1.85 bits per heavy atom. The number of fused-ring (bicyclic) bond motifs is 1. The summed E-state index contributed by atoms with van der Waals surface area (Å²) < 4.78 is 2.37. The van der Waals surface area contributed by atoms with Crippen molar-refractivity contribution in [1.82, 2.24) is 9.55 Å². The molecule has 0 aliphatic heterocycles. The van der Waals surface area contributed by atoms with Crippen LogP contribution in [0.25, 0.3) is 22.2 Å². The minimum absolute atomic E-state index is 0.816. The summed E-state index contributed by atoms with van der Waals surface area (Å²) in [5.74, 6) is 1.20. The molecule has 2 N–H and O–H groups in total. The minimum atomic E-state index is 0.816. The molecule has 0 radical (unpaired) electrons. The highest BCUT2D eigenvalue weighted by atomic mass is 32.1. The van der Waals surface area contributed by atoms with E-state index in [0.29, 0.717) is 0 Å². The lowest BCUT2D eigenvalue weighted by Crippen LogP contribution is -2.05. The van der Waals surface area contributed by atoms with Crippen LogP contribution in [0.3, 0.4) is 0 Å². The van der Waals surface area contributed by atoms with Crippen molar-refractivity contribution in [3.05, 3.63) is 70.7 Å². The monoisotopic (exact) mass is 361 g/mol. The summed E-state index contributed by atoms with van der Waals surface area (Å²) >= 11 is 1.72. The van der Waals surface area contributed by atoms with Gasteiger partial charge in [0.1, 0.15) is 5.82 Å². The number of aryl methyl sites for hydroxylation is 1. The van der Waals surface area contributed by atoms with Crippen LogP contribution in [0, 0.1) is 0 Å². The molecule has 0 spiro atoms. The molecule has 0 saturated carbocycles. The van der Waals surface area contributed by atoms with Gasteiger partial charge in [-0.25, -0.2) is 4.98 Å². The van der Waals surface area contributed by atoms with Gasteiger partial charge in [0.25, 0.3) is 0 Å². The quantitative estimate of drug-likeness (QED) is 0.445. The Hall–Kier alpha value is -2.59. The third-order valence-electron chi connectivity index (χ3n) is 4.79. The van der Waals surface area contributed by atoms with Crippen molar-refractivity contribution in [2.24, 2.45) is 0 Å². The number of unbranched alkanes of at least 4 members (excludes halogenated alkanes) is 1. The lowest BCUT2D eigenvalue weighted by molar-refractivity contribution is 0.690. The first-order valence-corrected chi connectivity index (χ1v) is 10.1. The smallest absolute Gasteiger partial charge is 0.110 e. The molecule has 0 amide bonds. The molecule has 2 aromatic heterocycles. The fourth-order valence-corrected chi connectivity index (χ4v) is 4.09. The number of hydrogen-bond donors (Lipinski definition) is 1. The van der Waals surface area contributed by atoms with Crippen molar-refractivity contribution >= 4 is 28.1 Å². The van der Waals surface area contributed by atoms with Gasteiger partial charge in [0, 0.05) is 35.0 Å². The molecule has 4 heteroatoms. The molecule has 0 bridgehead atoms. The second-order valence-corrected chi connectivity index (χ2v) is 7.39. The SMILES string of the molecule is CCCCc1nc2cscc2n1Cc1ccc(-c2ccccc2N)cc1. The van der Waals surface area contributed by atoms with Crippen molar-refractivity contribution < 1.29 is 0 Å². The average molecular weight is 362 g/mol. The van der Waals surface area contributed by atoms with Gasteiger partial charge >= 0.3 is 0 Å². The summed E-state index contributed by atoms with van der Waals surface area (Å²) in [6.45, 7) is 3.08. The number of anilines is 1. The van der Waals surface area contributed by atoms with Crippen molar-refractivity contribution in [3.8, 4) is 11.1 Å². The number of nitrogens with zero attached hydrogens (tertiary/aromatic N) is 2. The third kappa shape index (κ3) is 3.25. The van der Waals surface area contributed by atoms with E-state index in [4.69, 9.17) is 10.7 Å².